The Morgan fingerprint density at radius 2 is 0.573 bits per heavy atom. The van der Waals surface area contributed by atoms with E-state index in [4.69, 9.17) is 37.0 Å². The highest BCUT2D eigenvalue weighted by Crippen LogP contribution is 2.45. The Morgan fingerprint density at radius 3 is 0.854 bits per heavy atom. The number of aliphatic hydroxyl groups excluding tert-OH is 1. The van der Waals surface area contributed by atoms with Gasteiger partial charge in [-0.05, 0) is 37.5 Å². The molecule has 6 atom stereocenters. The first-order chi connectivity index (χ1) is 42.9. The zero-order valence-electron chi connectivity index (χ0n) is 57.7. The van der Waals surface area contributed by atoms with E-state index in [1.807, 2.05) is 0 Å². The van der Waals surface area contributed by atoms with E-state index in [0.717, 1.165) is 102 Å². The number of phosphoric ester groups is 2. The number of rotatable bonds is 69. The molecule has 0 saturated heterocycles. The van der Waals surface area contributed by atoms with E-state index in [1.165, 1.54) is 167 Å². The van der Waals surface area contributed by atoms with Gasteiger partial charge in [-0.2, -0.15) is 0 Å². The minimum Gasteiger partial charge on any atom is -0.462 e. The van der Waals surface area contributed by atoms with Crippen LogP contribution in [0.4, 0.5) is 0 Å². The molecule has 0 radical (unpaired) electrons. The predicted molar refractivity (Wildman–Crippen MR) is 358 cm³/mol. The van der Waals surface area contributed by atoms with Gasteiger partial charge >= 0.3 is 39.5 Å². The van der Waals surface area contributed by atoms with Gasteiger partial charge < -0.3 is 33.8 Å². The molecule has 0 aliphatic rings. The second kappa shape index (κ2) is 62.2. The quantitative estimate of drug-likeness (QED) is 0.0222. The number of esters is 4. The number of hydrogen-bond donors (Lipinski definition) is 3. The van der Waals surface area contributed by atoms with Gasteiger partial charge in [0.2, 0.25) is 0 Å². The average molecular weight is 1310 g/mol. The summed E-state index contributed by atoms with van der Waals surface area (Å²) in [5, 5.41) is 10.6. The Kier molecular flexibility index (Phi) is 60.8. The summed E-state index contributed by atoms with van der Waals surface area (Å²) in [4.78, 5) is 72.5. The van der Waals surface area contributed by atoms with E-state index in [1.54, 1.807) is 0 Å². The highest BCUT2D eigenvalue weighted by Gasteiger charge is 2.30. The van der Waals surface area contributed by atoms with Crippen LogP contribution in [0.5, 0.6) is 0 Å². The molecule has 0 saturated carbocycles. The van der Waals surface area contributed by atoms with Crippen molar-refractivity contribution >= 4 is 39.5 Å². The SMILES string of the molecule is CCCCCCCCCCCCCCCCCC(=O)O[C@H](COC(=O)CCCCCCCCCCC(C)CC)COP(=O)(O)OC[C@@H](O)COP(=O)(O)OC[C@@H](COC(=O)CCCCCCCCCC(C)C)OC(=O)CCCCCCCCCCCCCC. The molecule has 3 N–H and O–H groups in total. The van der Waals surface area contributed by atoms with Crippen LogP contribution >= 0.6 is 15.6 Å². The maximum atomic E-state index is 13.0. The van der Waals surface area contributed by atoms with Crippen LogP contribution in [0.3, 0.4) is 0 Å². The summed E-state index contributed by atoms with van der Waals surface area (Å²) in [6.45, 7) is 9.50. The molecule has 0 amide bonds. The predicted octanol–water partition coefficient (Wildman–Crippen LogP) is 20.0. The summed E-state index contributed by atoms with van der Waals surface area (Å²) < 4.78 is 68.3. The third kappa shape index (κ3) is 63.2. The second-order valence-electron chi connectivity index (χ2n) is 26.0. The molecule has 0 heterocycles. The molecule has 0 aromatic rings. The van der Waals surface area contributed by atoms with E-state index >= 15 is 0 Å². The fraction of sp³-hybridized carbons (Fsp3) is 0.943. The molecule has 528 valence electrons. The molecule has 0 aromatic heterocycles. The van der Waals surface area contributed by atoms with Crippen LogP contribution < -0.4 is 0 Å². The zero-order chi connectivity index (χ0) is 65.7. The molecule has 19 heteroatoms. The van der Waals surface area contributed by atoms with Gasteiger partial charge in [-0.3, -0.25) is 37.3 Å². The maximum Gasteiger partial charge on any atom is 0.472 e. The van der Waals surface area contributed by atoms with Crippen LogP contribution in [0, 0.1) is 11.8 Å². The highest BCUT2D eigenvalue weighted by atomic mass is 31.2. The van der Waals surface area contributed by atoms with Crippen molar-refractivity contribution in [3.05, 3.63) is 0 Å². The van der Waals surface area contributed by atoms with Crippen molar-refractivity contribution in [2.45, 2.75) is 374 Å². The molecule has 89 heavy (non-hydrogen) atoms. The maximum absolute atomic E-state index is 13.0. The molecule has 0 fully saturated rings. The highest BCUT2D eigenvalue weighted by molar-refractivity contribution is 7.47. The van der Waals surface area contributed by atoms with Crippen LogP contribution in [0.1, 0.15) is 356 Å². The normalized spacial score (nSPS) is 14.4. The van der Waals surface area contributed by atoms with Crippen molar-refractivity contribution < 1.29 is 80.2 Å². The van der Waals surface area contributed by atoms with E-state index in [2.05, 4.69) is 41.5 Å². The fourth-order valence-corrected chi connectivity index (χ4v) is 12.1. The van der Waals surface area contributed by atoms with Crippen LogP contribution in [-0.4, -0.2) is 96.7 Å². The monoisotopic (exact) mass is 1310 g/mol. The smallest absolute Gasteiger partial charge is 0.462 e. The second-order valence-corrected chi connectivity index (χ2v) is 28.9. The molecule has 3 unspecified atom stereocenters. The molecule has 0 rings (SSSR count). The molecular formula is C70H136O17P2. The van der Waals surface area contributed by atoms with Gasteiger partial charge in [-0.15, -0.1) is 0 Å². The Hall–Kier alpha value is -1.94. The van der Waals surface area contributed by atoms with Crippen LogP contribution in [0.25, 0.3) is 0 Å². The summed E-state index contributed by atoms with van der Waals surface area (Å²) in [6.07, 6.45) is 47.1. The van der Waals surface area contributed by atoms with Crippen LogP contribution in [0.15, 0.2) is 0 Å². The summed E-state index contributed by atoms with van der Waals surface area (Å²) in [6, 6.07) is 0. The van der Waals surface area contributed by atoms with Crippen molar-refractivity contribution in [2.24, 2.45) is 11.8 Å². The third-order valence-corrected chi connectivity index (χ3v) is 18.5. The van der Waals surface area contributed by atoms with Gasteiger partial charge in [0.05, 0.1) is 26.4 Å². The van der Waals surface area contributed by atoms with Crippen molar-refractivity contribution in [1.82, 2.24) is 0 Å². The number of ether oxygens (including phenoxy) is 4. The summed E-state index contributed by atoms with van der Waals surface area (Å²) in [5.74, 6) is -0.640. The van der Waals surface area contributed by atoms with Gasteiger partial charge in [0.15, 0.2) is 12.2 Å². The van der Waals surface area contributed by atoms with Gasteiger partial charge in [0, 0.05) is 25.7 Å². The topological polar surface area (TPSA) is 237 Å². The number of hydrogen-bond acceptors (Lipinski definition) is 15. The van der Waals surface area contributed by atoms with Crippen molar-refractivity contribution in [3.8, 4) is 0 Å². The van der Waals surface area contributed by atoms with Gasteiger partial charge in [-0.1, -0.05) is 305 Å². The van der Waals surface area contributed by atoms with E-state index in [0.29, 0.717) is 31.6 Å². The van der Waals surface area contributed by atoms with Crippen LogP contribution in [0.2, 0.25) is 0 Å². The molecule has 17 nitrogen and oxygen atoms in total. The van der Waals surface area contributed by atoms with Crippen molar-refractivity contribution in [2.75, 3.05) is 39.6 Å². The number of phosphoric acid groups is 2. The number of aliphatic hydroxyl groups is 1. The summed E-state index contributed by atoms with van der Waals surface area (Å²) in [5.41, 5.74) is 0. The lowest BCUT2D eigenvalue weighted by molar-refractivity contribution is -0.161. The largest absolute Gasteiger partial charge is 0.472 e. The molecule has 0 aliphatic carbocycles. The Bertz CT molecular complexity index is 1740. The number of carbonyl (C=O) groups is 4. The van der Waals surface area contributed by atoms with Gasteiger partial charge in [-0.25, -0.2) is 9.13 Å². The Balaban J connectivity index is 5.25. The molecular weight excluding hydrogens is 1170 g/mol. The lowest BCUT2D eigenvalue weighted by atomic mass is 9.99. The Labute approximate surface area is 543 Å². The van der Waals surface area contributed by atoms with E-state index in [9.17, 15) is 43.2 Å². The lowest BCUT2D eigenvalue weighted by Gasteiger charge is -2.21. The summed E-state index contributed by atoms with van der Waals surface area (Å²) >= 11 is 0. The van der Waals surface area contributed by atoms with Crippen LogP contribution in [-0.2, 0) is 65.4 Å². The molecule has 0 aliphatic heterocycles. The average Bonchev–Trinajstić information content (AvgIpc) is 3.68. The standard InChI is InChI=1S/C70H136O17P2/c1-7-10-12-14-16-18-20-22-23-24-26-28-36-43-49-55-70(75)86-65(58-80-67(72)52-46-40-34-30-29-33-39-45-51-63(6)9-3)60-84-88(76,77)82-56-64(71)57-83-89(78,79)85-61-66(59-81-68(73)53-47-41-37-31-32-38-44-50-62(4)5)87-69(74)54-48-42-35-27-25-21-19-17-15-13-11-8-2/h62-66,71H,7-61H2,1-6H3,(H,76,77)(H,78,79)/t63?,64-,65-,66-/m1/s1. The van der Waals surface area contributed by atoms with Gasteiger partial charge in [0.25, 0.3) is 0 Å². The first-order valence-corrected chi connectivity index (χ1v) is 39.5. The minimum absolute atomic E-state index is 0.106. The minimum atomic E-state index is -4.95. The number of unbranched alkanes of at least 4 members (excludes halogenated alkanes) is 38. The lowest BCUT2D eigenvalue weighted by Crippen LogP contribution is -2.30. The Morgan fingerprint density at radius 1 is 0.326 bits per heavy atom. The molecule has 0 bridgehead atoms. The van der Waals surface area contributed by atoms with Gasteiger partial charge in [0.1, 0.15) is 19.3 Å². The number of carbonyl (C=O) groups excluding carboxylic acids is 4. The van der Waals surface area contributed by atoms with E-state index in [-0.39, 0.29) is 25.7 Å². The van der Waals surface area contributed by atoms with Crippen molar-refractivity contribution in [3.63, 3.8) is 0 Å². The zero-order valence-corrected chi connectivity index (χ0v) is 59.5. The molecule has 0 aromatic carbocycles. The first-order valence-electron chi connectivity index (χ1n) is 36.5. The third-order valence-electron chi connectivity index (χ3n) is 16.6. The van der Waals surface area contributed by atoms with E-state index < -0.39 is 97.5 Å². The van der Waals surface area contributed by atoms with Crippen molar-refractivity contribution in [1.29, 1.82) is 0 Å². The first kappa shape index (κ1) is 87.1. The molecule has 0 spiro atoms. The fourth-order valence-electron chi connectivity index (χ4n) is 10.6. The summed E-state index contributed by atoms with van der Waals surface area (Å²) in [7, 11) is -9.90.